The maximum atomic E-state index is 13.0. The second-order valence-corrected chi connectivity index (χ2v) is 9.98. The highest BCUT2D eigenvalue weighted by atomic mass is 19.4. The maximum Gasteiger partial charge on any atom is 0.417 e. The summed E-state index contributed by atoms with van der Waals surface area (Å²) in [5.41, 5.74) is 2.72. The number of aromatic nitrogens is 3. The molecule has 6 nitrogen and oxygen atoms in total. The van der Waals surface area contributed by atoms with E-state index in [9.17, 15) is 18.0 Å². The first kappa shape index (κ1) is 27.7. The van der Waals surface area contributed by atoms with Crippen LogP contribution in [0.4, 0.5) is 18.9 Å². The first-order chi connectivity index (χ1) is 18.3. The molecule has 1 atom stereocenters. The molecule has 0 saturated heterocycles. The summed E-state index contributed by atoms with van der Waals surface area (Å²) in [6.07, 6.45) is 6.59. The molecule has 9 heteroatoms. The van der Waals surface area contributed by atoms with Gasteiger partial charge in [0.1, 0.15) is 0 Å². The van der Waals surface area contributed by atoms with Gasteiger partial charge in [-0.05, 0) is 68.0 Å². The highest BCUT2D eigenvalue weighted by molar-refractivity contribution is 5.94. The molecule has 1 fully saturated rings. The van der Waals surface area contributed by atoms with Crippen LogP contribution in [0.2, 0.25) is 0 Å². The van der Waals surface area contributed by atoms with Crippen molar-refractivity contribution in [1.29, 1.82) is 0 Å². The molecule has 1 amide bonds. The number of anilines is 1. The van der Waals surface area contributed by atoms with Crippen molar-refractivity contribution in [1.82, 2.24) is 20.1 Å². The van der Waals surface area contributed by atoms with Crippen LogP contribution in [-0.2, 0) is 12.6 Å². The van der Waals surface area contributed by atoms with Crippen LogP contribution in [0.3, 0.4) is 0 Å². The standard InChI is InChI=1S/C29H36F3N5O/c1-3-8-25-24(19-37(36-25)26-16-13-22(18-34-26)29(30,31)32)27(20-9-6-5-7-10-20)35-23-14-11-21(12-15-23)28(38)33-17-4-2/h11-16,18-20,27,35H,3-10,17H2,1-2H3,(H,33,38). The predicted molar refractivity (Wildman–Crippen MR) is 142 cm³/mol. The van der Waals surface area contributed by atoms with Crippen molar-refractivity contribution in [2.75, 3.05) is 11.9 Å². The topological polar surface area (TPSA) is 71.8 Å². The van der Waals surface area contributed by atoms with Crippen LogP contribution in [-0.4, -0.2) is 27.2 Å². The van der Waals surface area contributed by atoms with Crippen molar-refractivity contribution in [2.24, 2.45) is 5.92 Å². The number of nitrogens with zero attached hydrogens (tertiary/aromatic N) is 3. The number of amides is 1. The third kappa shape index (κ3) is 6.74. The van der Waals surface area contributed by atoms with Crippen molar-refractivity contribution in [2.45, 2.75) is 77.4 Å². The molecule has 4 rings (SSSR count). The molecule has 3 aromatic rings. The zero-order chi connectivity index (χ0) is 27.1. The van der Waals surface area contributed by atoms with Gasteiger partial charge in [-0.25, -0.2) is 9.67 Å². The normalized spacial score (nSPS) is 15.3. The number of carbonyl (C=O) groups excluding carboxylic acids is 1. The molecule has 1 saturated carbocycles. The molecule has 204 valence electrons. The number of nitrogens with one attached hydrogen (secondary N) is 2. The number of hydrogen-bond donors (Lipinski definition) is 2. The van der Waals surface area contributed by atoms with Gasteiger partial charge >= 0.3 is 6.18 Å². The number of carbonyl (C=O) groups is 1. The van der Waals surface area contributed by atoms with Gasteiger partial charge in [0.15, 0.2) is 5.82 Å². The Hall–Kier alpha value is -3.36. The minimum Gasteiger partial charge on any atom is -0.378 e. The molecule has 1 aromatic carbocycles. The van der Waals surface area contributed by atoms with Gasteiger partial charge in [-0.15, -0.1) is 0 Å². The van der Waals surface area contributed by atoms with E-state index in [1.807, 2.05) is 37.4 Å². The average Bonchev–Trinajstić information content (AvgIpc) is 3.34. The fourth-order valence-corrected chi connectivity index (χ4v) is 5.08. The summed E-state index contributed by atoms with van der Waals surface area (Å²) in [4.78, 5) is 16.4. The first-order valence-electron chi connectivity index (χ1n) is 13.6. The van der Waals surface area contributed by atoms with E-state index in [0.717, 1.165) is 74.2 Å². The number of aryl methyl sites for hydroxylation is 1. The second-order valence-electron chi connectivity index (χ2n) is 9.98. The highest BCUT2D eigenvalue weighted by Gasteiger charge is 2.31. The number of hydrogen-bond acceptors (Lipinski definition) is 4. The lowest BCUT2D eigenvalue weighted by molar-refractivity contribution is -0.137. The molecule has 2 aromatic heterocycles. The monoisotopic (exact) mass is 527 g/mol. The Morgan fingerprint density at radius 1 is 1.05 bits per heavy atom. The summed E-state index contributed by atoms with van der Waals surface area (Å²) in [6, 6.07) is 9.90. The third-order valence-electron chi connectivity index (χ3n) is 7.08. The zero-order valence-electron chi connectivity index (χ0n) is 22.0. The van der Waals surface area contributed by atoms with Crippen LogP contribution in [0.25, 0.3) is 5.82 Å². The lowest BCUT2D eigenvalue weighted by Crippen LogP contribution is -2.25. The van der Waals surface area contributed by atoms with E-state index in [2.05, 4.69) is 22.5 Å². The Kier molecular flexibility index (Phi) is 9.07. The SMILES string of the molecule is CCCNC(=O)c1ccc(NC(c2cn(-c3ccc(C(F)(F)F)cn3)nc2CCC)C2CCCCC2)cc1. The van der Waals surface area contributed by atoms with E-state index in [1.54, 1.807) is 4.68 Å². The number of pyridine rings is 1. The second kappa shape index (κ2) is 12.5. The number of alkyl halides is 3. The summed E-state index contributed by atoms with van der Waals surface area (Å²) < 4.78 is 40.7. The Labute approximate surface area is 222 Å². The molecule has 1 unspecified atom stereocenters. The molecule has 0 aliphatic heterocycles. The van der Waals surface area contributed by atoms with Crippen LogP contribution in [0.5, 0.6) is 0 Å². The van der Waals surface area contributed by atoms with Crippen molar-refractivity contribution in [3.05, 3.63) is 71.2 Å². The Morgan fingerprint density at radius 2 is 1.79 bits per heavy atom. The number of benzene rings is 1. The van der Waals surface area contributed by atoms with Crippen LogP contribution < -0.4 is 10.6 Å². The Bertz CT molecular complexity index is 1180. The fraction of sp³-hybridized carbons (Fsp3) is 0.483. The molecule has 1 aliphatic rings. The molecular weight excluding hydrogens is 491 g/mol. The van der Waals surface area contributed by atoms with Gasteiger partial charge in [0.25, 0.3) is 5.91 Å². The van der Waals surface area contributed by atoms with Gasteiger partial charge in [0.2, 0.25) is 0 Å². The number of rotatable bonds is 10. The van der Waals surface area contributed by atoms with Crippen LogP contribution >= 0.6 is 0 Å². The molecule has 0 spiro atoms. The maximum absolute atomic E-state index is 13.0. The molecule has 0 radical (unpaired) electrons. The van der Waals surface area contributed by atoms with Crippen molar-refractivity contribution in [3.63, 3.8) is 0 Å². The van der Waals surface area contributed by atoms with E-state index in [-0.39, 0.29) is 11.9 Å². The lowest BCUT2D eigenvalue weighted by Gasteiger charge is -2.32. The molecule has 2 N–H and O–H groups in total. The van der Waals surface area contributed by atoms with E-state index in [1.165, 1.54) is 12.5 Å². The minimum atomic E-state index is -4.43. The summed E-state index contributed by atoms with van der Waals surface area (Å²) in [5.74, 6) is 0.661. The quantitative estimate of drug-likeness (QED) is 0.295. The molecular formula is C29H36F3N5O. The van der Waals surface area contributed by atoms with Gasteiger partial charge in [-0.3, -0.25) is 4.79 Å². The van der Waals surface area contributed by atoms with Crippen molar-refractivity contribution < 1.29 is 18.0 Å². The smallest absolute Gasteiger partial charge is 0.378 e. The van der Waals surface area contributed by atoms with Crippen molar-refractivity contribution >= 4 is 11.6 Å². The summed E-state index contributed by atoms with van der Waals surface area (Å²) in [6.45, 7) is 4.74. The Balaban J connectivity index is 1.64. The minimum absolute atomic E-state index is 0.0141. The van der Waals surface area contributed by atoms with Crippen LogP contribution in [0.1, 0.15) is 92.0 Å². The highest BCUT2D eigenvalue weighted by Crippen LogP contribution is 2.38. The molecule has 2 heterocycles. The van der Waals surface area contributed by atoms with E-state index < -0.39 is 11.7 Å². The van der Waals surface area contributed by atoms with Gasteiger partial charge < -0.3 is 10.6 Å². The van der Waals surface area contributed by atoms with E-state index >= 15 is 0 Å². The predicted octanol–water partition coefficient (Wildman–Crippen LogP) is 7.11. The first-order valence-corrected chi connectivity index (χ1v) is 13.6. The summed E-state index contributed by atoms with van der Waals surface area (Å²) in [5, 5.41) is 11.4. The molecule has 1 aliphatic carbocycles. The third-order valence-corrected chi connectivity index (χ3v) is 7.08. The Morgan fingerprint density at radius 3 is 2.39 bits per heavy atom. The van der Waals surface area contributed by atoms with Gasteiger partial charge in [-0.2, -0.15) is 18.3 Å². The van der Waals surface area contributed by atoms with E-state index in [4.69, 9.17) is 5.10 Å². The van der Waals surface area contributed by atoms with E-state index in [0.29, 0.717) is 23.8 Å². The van der Waals surface area contributed by atoms with Crippen molar-refractivity contribution in [3.8, 4) is 5.82 Å². The number of halogens is 3. The van der Waals surface area contributed by atoms with Gasteiger partial charge in [-0.1, -0.05) is 39.5 Å². The summed E-state index contributed by atoms with van der Waals surface area (Å²) >= 11 is 0. The molecule has 38 heavy (non-hydrogen) atoms. The van der Waals surface area contributed by atoms with Gasteiger partial charge in [0, 0.05) is 35.8 Å². The zero-order valence-corrected chi connectivity index (χ0v) is 22.0. The summed E-state index contributed by atoms with van der Waals surface area (Å²) in [7, 11) is 0. The fourth-order valence-electron chi connectivity index (χ4n) is 5.08. The average molecular weight is 528 g/mol. The lowest BCUT2D eigenvalue weighted by atomic mass is 9.80. The van der Waals surface area contributed by atoms with Gasteiger partial charge in [0.05, 0.1) is 17.3 Å². The van der Waals surface area contributed by atoms with Crippen LogP contribution in [0, 0.1) is 5.92 Å². The molecule has 0 bridgehead atoms. The van der Waals surface area contributed by atoms with Crippen LogP contribution in [0.15, 0.2) is 48.8 Å². The largest absolute Gasteiger partial charge is 0.417 e.